The quantitative estimate of drug-likeness (QED) is 0.790. The summed E-state index contributed by atoms with van der Waals surface area (Å²) in [4.78, 5) is 0. The summed E-state index contributed by atoms with van der Waals surface area (Å²) in [5.74, 6) is 0.468. The van der Waals surface area contributed by atoms with Gasteiger partial charge in [0.05, 0.1) is 0 Å². The fourth-order valence-corrected chi connectivity index (χ4v) is 4.24. The van der Waals surface area contributed by atoms with Crippen LogP contribution in [-0.2, 0) is 10.9 Å². The molecule has 1 saturated heterocycles. The van der Waals surface area contributed by atoms with E-state index >= 15 is 0 Å². The Labute approximate surface area is 108 Å². The van der Waals surface area contributed by atoms with Crippen LogP contribution in [0.3, 0.4) is 0 Å². The molecule has 4 heteroatoms. The smallest absolute Gasteiger partial charge is 0.204 e. The highest BCUT2D eigenvalue weighted by Gasteiger charge is 2.40. The molecule has 0 radical (unpaired) electrons. The number of nitrogens with zero attached hydrogens (tertiary/aromatic N) is 1. The van der Waals surface area contributed by atoms with Crippen molar-refractivity contribution in [3.63, 3.8) is 0 Å². The van der Waals surface area contributed by atoms with Gasteiger partial charge in [0.25, 0.3) is 0 Å². The highest BCUT2D eigenvalue weighted by atomic mass is 32.2. The maximum atomic E-state index is 11.5. The third-order valence-corrected chi connectivity index (χ3v) is 5.56. The first-order chi connectivity index (χ1) is 7.96. The van der Waals surface area contributed by atoms with Crippen LogP contribution in [0.1, 0.15) is 59.8 Å². The minimum absolute atomic E-state index is 0.110. The first-order valence-electron chi connectivity index (χ1n) is 6.87. The van der Waals surface area contributed by atoms with Crippen LogP contribution in [0.2, 0.25) is 0 Å². The van der Waals surface area contributed by atoms with Crippen molar-refractivity contribution in [1.82, 2.24) is 4.31 Å². The van der Waals surface area contributed by atoms with Crippen LogP contribution in [-0.4, -0.2) is 25.3 Å². The summed E-state index contributed by atoms with van der Waals surface area (Å²) >= 11 is 0. The average molecular weight is 261 g/mol. The Hall–Kier alpha value is -0.0900. The molecule has 2 atom stereocenters. The van der Waals surface area contributed by atoms with Crippen molar-refractivity contribution >= 4 is 10.9 Å². The molecule has 102 valence electrons. The minimum atomic E-state index is -2.44. The zero-order valence-electron chi connectivity index (χ0n) is 11.6. The van der Waals surface area contributed by atoms with Crippen LogP contribution < -0.4 is 0 Å². The van der Waals surface area contributed by atoms with Crippen molar-refractivity contribution in [2.24, 2.45) is 11.3 Å². The van der Waals surface area contributed by atoms with E-state index < -0.39 is 10.9 Å². The Morgan fingerprint density at radius 2 is 1.82 bits per heavy atom. The molecule has 1 fully saturated rings. The van der Waals surface area contributed by atoms with Crippen LogP contribution in [0.5, 0.6) is 0 Å². The van der Waals surface area contributed by atoms with Gasteiger partial charge in [-0.25, -0.2) is 12.7 Å². The number of hydrogen-bond acceptors (Lipinski definition) is 2. The number of thiol groups is 1. The highest BCUT2D eigenvalue weighted by Crippen LogP contribution is 2.40. The summed E-state index contributed by atoms with van der Waals surface area (Å²) in [6, 6.07) is 0.182. The van der Waals surface area contributed by atoms with E-state index in [0.717, 1.165) is 32.1 Å². The standard InChI is InChI=1S/C13H27NO2S/c1-5-13(4,6-2)12-11(3)9-7-8-10-14(12)17(15)16/h11-12,17H,5-10H2,1-4H3. The normalized spacial score (nSPS) is 28.3. The molecule has 0 saturated carbocycles. The van der Waals surface area contributed by atoms with E-state index in [9.17, 15) is 8.42 Å². The molecule has 1 aliphatic heterocycles. The average Bonchev–Trinajstić information content (AvgIpc) is 2.50. The van der Waals surface area contributed by atoms with Crippen molar-refractivity contribution in [1.29, 1.82) is 0 Å². The summed E-state index contributed by atoms with van der Waals surface area (Å²) in [6.45, 7) is 9.52. The third kappa shape index (κ3) is 3.22. The minimum Gasteiger partial charge on any atom is -0.215 e. The van der Waals surface area contributed by atoms with Gasteiger partial charge in [-0.2, -0.15) is 0 Å². The Kier molecular flexibility index (Phi) is 5.45. The van der Waals surface area contributed by atoms with E-state index in [1.165, 1.54) is 0 Å². The molecule has 1 rings (SSSR count). The predicted molar refractivity (Wildman–Crippen MR) is 72.5 cm³/mol. The van der Waals surface area contributed by atoms with Crippen LogP contribution in [0.25, 0.3) is 0 Å². The lowest BCUT2D eigenvalue weighted by Crippen LogP contribution is -2.48. The van der Waals surface area contributed by atoms with Gasteiger partial charge in [-0.05, 0) is 37.0 Å². The lowest BCUT2D eigenvalue weighted by molar-refractivity contribution is 0.0936. The Morgan fingerprint density at radius 1 is 1.24 bits per heavy atom. The second-order valence-electron chi connectivity index (χ2n) is 5.68. The van der Waals surface area contributed by atoms with Crippen molar-refractivity contribution in [3.05, 3.63) is 0 Å². The molecule has 1 aliphatic rings. The molecule has 0 aromatic heterocycles. The zero-order valence-corrected chi connectivity index (χ0v) is 12.5. The maximum Gasteiger partial charge on any atom is 0.204 e. The first kappa shape index (κ1) is 15.0. The van der Waals surface area contributed by atoms with Crippen molar-refractivity contribution in [3.8, 4) is 0 Å². The summed E-state index contributed by atoms with van der Waals surface area (Å²) in [6.07, 6.45) is 5.39. The van der Waals surface area contributed by atoms with Gasteiger partial charge in [0.2, 0.25) is 10.9 Å². The van der Waals surface area contributed by atoms with Crippen LogP contribution in [0, 0.1) is 11.3 Å². The second-order valence-corrected chi connectivity index (χ2v) is 6.67. The van der Waals surface area contributed by atoms with Gasteiger partial charge in [-0.1, -0.05) is 34.1 Å². The van der Waals surface area contributed by atoms with E-state index in [0.29, 0.717) is 12.5 Å². The van der Waals surface area contributed by atoms with Gasteiger partial charge >= 0.3 is 0 Å². The van der Waals surface area contributed by atoms with Gasteiger partial charge in [0.1, 0.15) is 0 Å². The molecule has 0 amide bonds. The van der Waals surface area contributed by atoms with Gasteiger partial charge in [0, 0.05) is 12.6 Å². The highest BCUT2D eigenvalue weighted by molar-refractivity contribution is 7.69. The molecule has 0 spiro atoms. The summed E-state index contributed by atoms with van der Waals surface area (Å²) < 4.78 is 24.8. The topological polar surface area (TPSA) is 37.4 Å². The fraction of sp³-hybridized carbons (Fsp3) is 1.00. The predicted octanol–water partition coefficient (Wildman–Crippen LogP) is 2.83. The number of rotatable bonds is 4. The molecule has 0 aromatic rings. The van der Waals surface area contributed by atoms with Crippen molar-refractivity contribution in [2.75, 3.05) is 6.54 Å². The van der Waals surface area contributed by atoms with E-state index in [1.807, 2.05) is 0 Å². The molecule has 3 nitrogen and oxygen atoms in total. The monoisotopic (exact) mass is 261 g/mol. The second kappa shape index (κ2) is 6.19. The van der Waals surface area contributed by atoms with Gasteiger partial charge in [-0.15, -0.1) is 0 Å². The Morgan fingerprint density at radius 3 is 2.29 bits per heavy atom. The molecule has 0 N–H and O–H groups in total. The number of hydrogen-bond donors (Lipinski definition) is 1. The maximum absolute atomic E-state index is 11.5. The van der Waals surface area contributed by atoms with E-state index in [-0.39, 0.29) is 11.5 Å². The summed E-state index contributed by atoms with van der Waals surface area (Å²) in [7, 11) is -2.44. The molecule has 17 heavy (non-hydrogen) atoms. The molecule has 2 unspecified atom stereocenters. The van der Waals surface area contributed by atoms with E-state index in [1.54, 1.807) is 4.31 Å². The van der Waals surface area contributed by atoms with Crippen LogP contribution in [0.15, 0.2) is 0 Å². The van der Waals surface area contributed by atoms with E-state index in [4.69, 9.17) is 0 Å². The SMILES string of the molecule is CCC(C)(CC)C1C(C)CCCCN1[SH](=O)=O. The molecule has 0 aromatic carbocycles. The summed E-state index contributed by atoms with van der Waals surface area (Å²) in [5, 5.41) is 0. The molecule has 0 aliphatic carbocycles. The molecule has 1 heterocycles. The van der Waals surface area contributed by atoms with Crippen LogP contribution in [0.4, 0.5) is 0 Å². The lowest BCUT2D eigenvalue weighted by atomic mass is 9.72. The van der Waals surface area contributed by atoms with Gasteiger partial charge in [-0.3, -0.25) is 0 Å². The Balaban J connectivity index is 3.08. The molecule has 0 bridgehead atoms. The summed E-state index contributed by atoms with van der Waals surface area (Å²) in [5.41, 5.74) is 0.110. The van der Waals surface area contributed by atoms with Crippen molar-refractivity contribution < 1.29 is 8.42 Å². The fourth-order valence-electron chi connectivity index (χ4n) is 3.23. The molecular weight excluding hydrogens is 234 g/mol. The van der Waals surface area contributed by atoms with Gasteiger partial charge in [0.15, 0.2) is 0 Å². The largest absolute Gasteiger partial charge is 0.215 e. The lowest BCUT2D eigenvalue weighted by Gasteiger charge is -2.43. The van der Waals surface area contributed by atoms with Gasteiger partial charge < -0.3 is 0 Å². The van der Waals surface area contributed by atoms with E-state index in [2.05, 4.69) is 27.7 Å². The zero-order chi connectivity index (χ0) is 13.1. The first-order valence-corrected chi connectivity index (χ1v) is 8.00. The van der Waals surface area contributed by atoms with Crippen LogP contribution >= 0.6 is 0 Å². The Bertz CT molecular complexity index is 303. The van der Waals surface area contributed by atoms with Crippen molar-refractivity contribution in [2.45, 2.75) is 65.8 Å². The third-order valence-electron chi connectivity index (χ3n) is 4.70. The molecular formula is C13H27NO2S.